The van der Waals surface area contributed by atoms with Crippen LogP contribution in [0.4, 0.5) is 0 Å². The number of methoxy groups -OCH3 is 1. The van der Waals surface area contributed by atoms with Gasteiger partial charge in [-0.05, 0) is 5.41 Å². The summed E-state index contributed by atoms with van der Waals surface area (Å²) in [6.07, 6.45) is 0. The molecule has 0 amide bonds. The monoisotopic (exact) mass is 258 g/mol. The van der Waals surface area contributed by atoms with Crippen LogP contribution in [-0.4, -0.2) is 76.0 Å². The van der Waals surface area contributed by atoms with Crippen LogP contribution >= 0.6 is 0 Å². The van der Waals surface area contributed by atoms with Crippen molar-refractivity contribution in [1.82, 2.24) is 9.80 Å². The molecule has 0 aromatic carbocycles. The Balaban J connectivity index is 2.02. The molecule has 0 aromatic rings. The quantitative estimate of drug-likeness (QED) is 0.643. The summed E-state index contributed by atoms with van der Waals surface area (Å²) >= 11 is 0. The van der Waals surface area contributed by atoms with Crippen molar-refractivity contribution in [3.05, 3.63) is 0 Å². The van der Waals surface area contributed by atoms with Gasteiger partial charge in [0.15, 0.2) is 0 Å². The topological polar surface area (TPSA) is 24.9 Å². The molecule has 1 aliphatic heterocycles. The van der Waals surface area contributed by atoms with Crippen LogP contribution in [0.3, 0.4) is 0 Å². The molecule has 108 valence electrons. The number of hydrogen-bond acceptors (Lipinski definition) is 4. The van der Waals surface area contributed by atoms with Crippen molar-refractivity contribution in [2.45, 2.75) is 20.8 Å². The molecule has 0 spiro atoms. The largest absolute Gasteiger partial charge is 0.383 e. The third-order valence-corrected chi connectivity index (χ3v) is 3.16. The van der Waals surface area contributed by atoms with Crippen molar-refractivity contribution in [3.63, 3.8) is 0 Å². The van der Waals surface area contributed by atoms with E-state index in [1.807, 2.05) is 0 Å². The van der Waals surface area contributed by atoms with Gasteiger partial charge in [0.2, 0.25) is 0 Å². The van der Waals surface area contributed by atoms with E-state index < -0.39 is 0 Å². The summed E-state index contributed by atoms with van der Waals surface area (Å²) in [5.41, 5.74) is 0.277. The Morgan fingerprint density at radius 2 is 1.39 bits per heavy atom. The fourth-order valence-corrected chi connectivity index (χ4v) is 2.03. The van der Waals surface area contributed by atoms with E-state index in [2.05, 4.69) is 30.6 Å². The lowest BCUT2D eigenvalue weighted by molar-refractivity contribution is 0.0390. The summed E-state index contributed by atoms with van der Waals surface area (Å²) in [4.78, 5) is 4.96. The van der Waals surface area contributed by atoms with Crippen LogP contribution in [0.25, 0.3) is 0 Å². The molecule has 0 aromatic heterocycles. The molecule has 1 rings (SSSR count). The third kappa shape index (κ3) is 7.31. The molecule has 0 aliphatic carbocycles. The summed E-state index contributed by atoms with van der Waals surface area (Å²) in [7, 11) is 1.77. The van der Waals surface area contributed by atoms with Crippen molar-refractivity contribution in [2.75, 3.05) is 66.2 Å². The van der Waals surface area contributed by atoms with Crippen molar-refractivity contribution < 1.29 is 9.47 Å². The molecule has 0 unspecified atom stereocenters. The van der Waals surface area contributed by atoms with E-state index in [0.29, 0.717) is 0 Å². The van der Waals surface area contributed by atoms with E-state index in [1.165, 1.54) is 0 Å². The number of piperazine rings is 1. The van der Waals surface area contributed by atoms with Crippen molar-refractivity contribution >= 4 is 0 Å². The van der Waals surface area contributed by atoms with Crippen LogP contribution in [0.5, 0.6) is 0 Å². The van der Waals surface area contributed by atoms with Crippen LogP contribution in [0.1, 0.15) is 20.8 Å². The van der Waals surface area contributed by atoms with E-state index in [0.717, 1.165) is 59.1 Å². The SMILES string of the molecule is COCCN1CCN(CCOCC(C)(C)C)CC1. The highest BCUT2D eigenvalue weighted by atomic mass is 16.5. The first-order valence-electron chi connectivity index (χ1n) is 7.03. The van der Waals surface area contributed by atoms with Gasteiger partial charge in [0.1, 0.15) is 0 Å². The molecule has 0 atom stereocenters. The Hall–Kier alpha value is -0.160. The summed E-state index contributed by atoms with van der Waals surface area (Å²) < 4.78 is 10.8. The van der Waals surface area contributed by atoms with Gasteiger partial charge in [-0.25, -0.2) is 0 Å². The lowest BCUT2D eigenvalue weighted by Crippen LogP contribution is -2.48. The maximum atomic E-state index is 5.72. The second-order valence-electron chi connectivity index (χ2n) is 6.29. The van der Waals surface area contributed by atoms with E-state index in [4.69, 9.17) is 9.47 Å². The molecular weight excluding hydrogens is 228 g/mol. The van der Waals surface area contributed by atoms with Gasteiger partial charge in [-0.3, -0.25) is 9.80 Å². The minimum Gasteiger partial charge on any atom is -0.383 e. The van der Waals surface area contributed by atoms with Gasteiger partial charge in [0, 0.05) is 46.4 Å². The fourth-order valence-electron chi connectivity index (χ4n) is 2.03. The molecular formula is C14H30N2O2. The van der Waals surface area contributed by atoms with E-state index in [9.17, 15) is 0 Å². The zero-order valence-corrected chi connectivity index (χ0v) is 12.6. The normalized spacial score (nSPS) is 19.3. The van der Waals surface area contributed by atoms with Gasteiger partial charge in [0.25, 0.3) is 0 Å². The maximum absolute atomic E-state index is 5.72. The molecule has 4 heteroatoms. The van der Waals surface area contributed by atoms with E-state index in [-0.39, 0.29) is 5.41 Å². The van der Waals surface area contributed by atoms with Crippen LogP contribution in [0.15, 0.2) is 0 Å². The number of hydrogen-bond donors (Lipinski definition) is 0. The first-order valence-corrected chi connectivity index (χ1v) is 7.03. The van der Waals surface area contributed by atoms with Crippen LogP contribution in [0, 0.1) is 5.41 Å². The zero-order chi connectivity index (χ0) is 13.4. The van der Waals surface area contributed by atoms with Gasteiger partial charge in [-0.2, -0.15) is 0 Å². The summed E-state index contributed by atoms with van der Waals surface area (Å²) in [5, 5.41) is 0. The molecule has 1 fully saturated rings. The Morgan fingerprint density at radius 3 is 1.83 bits per heavy atom. The number of rotatable bonds is 7. The van der Waals surface area contributed by atoms with Gasteiger partial charge >= 0.3 is 0 Å². The van der Waals surface area contributed by atoms with E-state index >= 15 is 0 Å². The predicted molar refractivity (Wildman–Crippen MR) is 75.0 cm³/mol. The summed E-state index contributed by atoms with van der Waals surface area (Å²) in [6.45, 7) is 15.9. The lowest BCUT2D eigenvalue weighted by atomic mass is 9.99. The highest BCUT2D eigenvalue weighted by molar-refractivity contribution is 4.71. The summed E-state index contributed by atoms with van der Waals surface area (Å²) in [6, 6.07) is 0. The molecule has 0 N–H and O–H groups in total. The van der Waals surface area contributed by atoms with Crippen molar-refractivity contribution in [3.8, 4) is 0 Å². The molecule has 1 heterocycles. The Kier molecular flexibility index (Phi) is 7.15. The van der Waals surface area contributed by atoms with Crippen molar-refractivity contribution in [1.29, 1.82) is 0 Å². The molecule has 4 nitrogen and oxygen atoms in total. The smallest absolute Gasteiger partial charge is 0.0593 e. The first kappa shape index (κ1) is 15.9. The Labute approximate surface area is 112 Å². The highest BCUT2D eigenvalue weighted by Crippen LogP contribution is 2.12. The molecule has 0 radical (unpaired) electrons. The first-order chi connectivity index (χ1) is 8.51. The fraction of sp³-hybridized carbons (Fsp3) is 1.00. The second kappa shape index (κ2) is 8.10. The zero-order valence-electron chi connectivity index (χ0n) is 12.6. The van der Waals surface area contributed by atoms with Gasteiger partial charge in [-0.1, -0.05) is 20.8 Å². The Bertz CT molecular complexity index is 208. The average Bonchev–Trinajstić information content (AvgIpc) is 2.32. The van der Waals surface area contributed by atoms with E-state index in [1.54, 1.807) is 7.11 Å². The average molecular weight is 258 g/mol. The molecule has 0 bridgehead atoms. The lowest BCUT2D eigenvalue weighted by Gasteiger charge is -2.34. The molecule has 1 saturated heterocycles. The van der Waals surface area contributed by atoms with Gasteiger partial charge in [-0.15, -0.1) is 0 Å². The second-order valence-corrected chi connectivity index (χ2v) is 6.29. The minimum absolute atomic E-state index is 0.277. The number of ether oxygens (including phenoxy) is 2. The van der Waals surface area contributed by atoms with Crippen LogP contribution in [0.2, 0.25) is 0 Å². The van der Waals surface area contributed by atoms with Crippen LogP contribution < -0.4 is 0 Å². The molecule has 1 aliphatic rings. The van der Waals surface area contributed by atoms with Gasteiger partial charge < -0.3 is 9.47 Å². The van der Waals surface area contributed by atoms with Gasteiger partial charge in [0.05, 0.1) is 19.8 Å². The Morgan fingerprint density at radius 1 is 0.889 bits per heavy atom. The van der Waals surface area contributed by atoms with Crippen molar-refractivity contribution in [2.24, 2.45) is 5.41 Å². The van der Waals surface area contributed by atoms with Crippen LogP contribution in [-0.2, 0) is 9.47 Å². The minimum atomic E-state index is 0.277. The third-order valence-electron chi connectivity index (χ3n) is 3.16. The highest BCUT2D eigenvalue weighted by Gasteiger charge is 2.16. The summed E-state index contributed by atoms with van der Waals surface area (Å²) in [5.74, 6) is 0. The number of nitrogens with zero attached hydrogens (tertiary/aromatic N) is 2. The molecule has 18 heavy (non-hydrogen) atoms. The maximum Gasteiger partial charge on any atom is 0.0593 e. The standard InChI is InChI=1S/C14H30N2O2/c1-14(2,3)13-18-12-10-16-7-5-15(6-8-16)9-11-17-4/h5-13H2,1-4H3. The molecule has 0 saturated carbocycles. The predicted octanol–water partition coefficient (Wildman–Crippen LogP) is 1.31.